The molecule has 1 aromatic heterocycles. The quantitative estimate of drug-likeness (QED) is 0.537. The summed E-state index contributed by atoms with van der Waals surface area (Å²) < 4.78 is 45.6. The summed E-state index contributed by atoms with van der Waals surface area (Å²) in [5.74, 6) is -0.263. The Hall–Kier alpha value is -2.32. The average molecular weight is 402 g/mol. The van der Waals surface area contributed by atoms with E-state index in [4.69, 9.17) is 16.3 Å². The molecule has 0 saturated heterocycles. The van der Waals surface area contributed by atoms with Gasteiger partial charge in [-0.3, -0.25) is 4.79 Å². The summed E-state index contributed by atoms with van der Waals surface area (Å²) in [6.07, 6.45) is -3.03. The fraction of sp³-hybridized carbons (Fsp3) is 0.333. The highest BCUT2D eigenvalue weighted by atomic mass is 35.5. The van der Waals surface area contributed by atoms with Crippen molar-refractivity contribution in [2.24, 2.45) is 0 Å². The Bertz CT molecular complexity index is 834. The Morgan fingerprint density at radius 3 is 2.78 bits per heavy atom. The molecule has 27 heavy (non-hydrogen) atoms. The van der Waals surface area contributed by atoms with E-state index in [2.05, 4.69) is 17.0 Å². The third-order valence-corrected chi connectivity index (χ3v) is 3.96. The molecule has 1 amide bonds. The van der Waals surface area contributed by atoms with E-state index in [-0.39, 0.29) is 16.5 Å². The molecule has 0 aliphatic heterocycles. The topological polar surface area (TPSA) is 56.1 Å². The first-order chi connectivity index (χ1) is 12.6. The van der Waals surface area contributed by atoms with E-state index in [1.165, 1.54) is 10.7 Å². The number of ether oxygens (including phenoxy) is 1. The van der Waals surface area contributed by atoms with Crippen molar-refractivity contribution >= 4 is 23.3 Å². The van der Waals surface area contributed by atoms with E-state index >= 15 is 0 Å². The van der Waals surface area contributed by atoms with E-state index in [0.717, 1.165) is 18.2 Å². The van der Waals surface area contributed by atoms with Gasteiger partial charge in [-0.2, -0.15) is 18.3 Å². The molecule has 0 unspecified atom stereocenters. The summed E-state index contributed by atoms with van der Waals surface area (Å²) in [5, 5.41) is 6.83. The number of hydrogen-bond acceptors (Lipinski definition) is 3. The van der Waals surface area contributed by atoms with Gasteiger partial charge in [0.1, 0.15) is 11.9 Å². The first-order valence-corrected chi connectivity index (χ1v) is 8.48. The SMILES string of the molecule is C=CCCO[C@@H](C)C(=O)Nc1cc(C)nn1-c1cc(C(F)(F)F)ccc1Cl. The van der Waals surface area contributed by atoms with E-state index < -0.39 is 23.8 Å². The van der Waals surface area contributed by atoms with Gasteiger partial charge in [0, 0.05) is 6.07 Å². The number of carbonyl (C=O) groups is 1. The van der Waals surface area contributed by atoms with Crippen LogP contribution in [0.4, 0.5) is 19.0 Å². The smallest absolute Gasteiger partial charge is 0.368 e. The highest BCUT2D eigenvalue weighted by Crippen LogP contribution is 2.34. The lowest BCUT2D eigenvalue weighted by Gasteiger charge is -2.15. The van der Waals surface area contributed by atoms with Crippen molar-refractivity contribution in [3.05, 3.63) is 53.2 Å². The maximum absolute atomic E-state index is 13.0. The fourth-order valence-corrected chi connectivity index (χ4v) is 2.45. The molecule has 0 aliphatic rings. The van der Waals surface area contributed by atoms with Crippen LogP contribution in [-0.4, -0.2) is 28.4 Å². The lowest BCUT2D eigenvalue weighted by molar-refractivity contribution is -0.137. The van der Waals surface area contributed by atoms with Crippen LogP contribution in [0, 0.1) is 6.92 Å². The summed E-state index contributed by atoms with van der Waals surface area (Å²) in [4.78, 5) is 12.3. The Morgan fingerprint density at radius 2 is 2.15 bits per heavy atom. The third-order valence-electron chi connectivity index (χ3n) is 3.64. The second kappa shape index (κ2) is 8.58. The number of nitrogens with one attached hydrogen (secondary N) is 1. The molecule has 146 valence electrons. The van der Waals surface area contributed by atoms with Gasteiger partial charge in [0.05, 0.1) is 28.6 Å². The summed E-state index contributed by atoms with van der Waals surface area (Å²) >= 11 is 6.07. The number of aryl methyl sites for hydroxylation is 1. The van der Waals surface area contributed by atoms with Gasteiger partial charge in [-0.15, -0.1) is 6.58 Å². The van der Waals surface area contributed by atoms with E-state index in [1.807, 2.05) is 0 Å². The number of carbonyl (C=O) groups excluding carboxylic acids is 1. The summed E-state index contributed by atoms with van der Waals surface area (Å²) in [5.41, 5.74) is -0.359. The third kappa shape index (κ3) is 5.33. The van der Waals surface area contributed by atoms with Crippen molar-refractivity contribution in [1.29, 1.82) is 0 Å². The molecule has 1 atom stereocenters. The first-order valence-electron chi connectivity index (χ1n) is 8.10. The molecule has 1 heterocycles. The molecule has 0 spiro atoms. The Balaban J connectivity index is 2.31. The number of hydrogen-bond donors (Lipinski definition) is 1. The predicted octanol–water partition coefficient (Wildman–Crippen LogP) is 4.77. The maximum Gasteiger partial charge on any atom is 0.416 e. The molecule has 2 aromatic rings. The monoisotopic (exact) mass is 401 g/mol. The molecule has 0 bridgehead atoms. The Labute approximate surface area is 159 Å². The van der Waals surface area contributed by atoms with Crippen molar-refractivity contribution in [1.82, 2.24) is 9.78 Å². The van der Waals surface area contributed by atoms with Crippen molar-refractivity contribution < 1.29 is 22.7 Å². The van der Waals surface area contributed by atoms with Gasteiger partial charge in [-0.25, -0.2) is 4.68 Å². The highest BCUT2D eigenvalue weighted by Gasteiger charge is 2.31. The van der Waals surface area contributed by atoms with E-state index in [1.54, 1.807) is 19.9 Å². The summed E-state index contributed by atoms with van der Waals surface area (Å²) in [6, 6.07) is 4.44. The van der Waals surface area contributed by atoms with Gasteiger partial charge in [0.2, 0.25) is 0 Å². The number of anilines is 1. The van der Waals surface area contributed by atoms with Gasteiger partial charge in [-0.1, -0.05) is 17.7 Å². The van der Waals surface area contributed by atoms with Gasteiger partial charge < -0.3 is 10.1 Å². The minimum absolute atomic E-state index is 0.00937. The zero-order valence-electron chi connectivity index (χ0n) is 14.8. The molecule has 0 saturated carbocycles. The van der Waals surface area contributed by atoms with Crippen molar-refractivity contribution in [2.75, 3.05) is 11.9 Å². The number of nitrogens with zero attached hydrogens (tertiary/aromatic N) is 2. The minimum Gasteiger partial charge on any atom is -0.368 e. The first kappa shape index (κ1) is 21.0. The van der Waals surface area contributed by atoms with Gasteiger partial charge in [0.25, 0.3) is 5.91 Å². The largest absolute Gasteiger partial charge is 0.416 e. The Morgan fingerprint density at radius 1 is 1.44 bits per heavy atom. The van der Waals surface area contributed by atoms with Crippen LogP contribution >= 0.6 is 11.6 Å². The van der Waals surface area contributed by atoms with E-state index in [9.17, 15) is 18.0 Å². The zero-order chi connectivity index (χ0) is 20.2. The highest BCUT2D eigenvalue weighted by molar-refractivity contribution is 6.32. The van der Waals surface area contributed by atoms with E-state index in [0.29, 0.717) is 18.7 Å². The lowest BCUT2D eigenvalue weighted by Crippen LogP contribution is -2.29. The second-order valence-corrected chi connectivity index (χ2v) is 6.23. The van der Waals surface area contributed by atoms with Crippen molar-refractivity contribution in [2.45, 2.75) is 32.5 Å². The van der Waals surface area contributed by atoms with Gasteiger partial charge >= 0.3 is 6.18 Å². The Kier molecular flexibility index (Phi) is 6.67. The molecular weight excluding hydrogens is 383 g/mol. The number of rotatable bonds is 7. The van der Waals surface area contributed by atoms with Crippen LogP contribution in [0.3, 0.4) is 0 Å². The number of halogens is 4. The number of aromatic nitrogens is 2. The van der Waals surface area contributed by atoms with Crippen molar-refractivity contribution in [3.8, 4) is 5.69 Å². The van der Waals surface area contributed by atoms with Gasteiger partial charge in [0.15, 0.2) is 0 Å². The summed E-state index contributed by atoms with van der Waals surface area (Å²) in [6.45, 7) is 7.12. The number of benzene rings is 1. The number of alkyl halides is 3. The molecule has 2 rings (SSSR count). The van der Waals surface area contributed by atoms with Gasteiger partial charge in [-0.05, 0) is 38.5 Å². The molecule has 9 heteroatoms. The average Bonchev–Trinajstić information content (AvgIpc) is 2.94. The maximum atomic E-state index is 13.0. The molecule has 1 aromatic carbocycles. The lowest BCUT2D eigenvalue weighted by atomic mass is 10.2. The predicted molar refractivity (Wildman–Crippen MR) is 97.2 cm³/mol. The van der Waals surface area contributed by atoms with Crippen LogP contribution in [-0.2, 0) is 15.7 Å². The minimum atomic E-state index is -4.53. The normalized spacial score (nSPS) is 12.7. The van der Waals surface area contributed by atoms with Crippen LogP contribution in [0.5, 0.6) is 0 Å². The zero-order valence-corrected chi connectivity index (χ0v) is 15.6. The molecule has 0 fully saturated rings. The molecular formula is C18H19ClF3N3O2. The van der Waals surface area contributed by atoms with Crippen molar-refractivity contribution in [3.63, 3.8) is 0 Å². The fourth-order valence-electron chi connectivity index (χ4n) is 2.26. The second-order valence-electron chi connectivity index (χ2n) is 5.83. The number of amides is 1. The molecule has 1 N–H and O–H groups in total. The molecule has 5 nitrogen and oxygen atoms in total. The molecule has 0 aliphatic carbocycles. The van der Waals surface area contributed by atoms with Crippen LogP contribution in [0.2, 0.25) is 5.02 Å². The summed E-state index contributed by atoms with van der Waals surface area (Å²) in [7, 11) is 0. The standard InChI is InChI=1S/C18H19ClF3N3O2/c1-4-5-8-27-12(3)17(26)23-16-9-11(2)24-25(16)15-10-13(18(20,21)22)6-7-14(15)19/h4,6-7,9-10,12H,1,5,8H2,2-3H3,(H,23,26)/t12-/m0/s1. The van der Waals surface area contributed by atoms with Crippen LogP contribution in [0.15, 0.2) is 36.9 Å². The van der Waals surface area contributed by atoms with Crippen LogP contribution < -0.4 is 5.32 Å². The van der Waals surface area contributed by atoms with Crippen LogP contribution in [0.25, 0.3) is 5.69 Å². The van der Waals surface area contributed by atoms with Crippen LogP contribution in [0.1, 0.15) is 24.6 Å². The molecule has 0 radical (unpaired) electrons.